The van der Waals surface area contributed by atoms with Crippen LogP contribution in [-0.2, 0) is 0 Å². The van der Waals surface area contributed by atoms with Crippen LogP contribution < -0.4 is 5.32 Å². The van der Waals surface area contributed by atoms with Crippen LogP contribution in [0.15, 0.2) is 11.4 Å². The standard InChI is InChI=1S/C14H19NO2S/c1-4-14(3,5-2)15-13(17)12-11(7-6-9-16)8-10-18-12/h8,10,16H,4-5,9H2,1-3H3,(H,15,17). The molecule has 1 heterocycles. The van der Waals surface area contributed by atoms with Gasteiger partial charge in [-0.2, -0.15) is 0 Å². The topological polar surface area (TPSA) is 49.3 Å². The van der Waals surface area contributed by atoms with E-state index in [1.807, 2.05) is 12.3 Å². The zero-order chi connectivity index (χ0) is 13.6. The predicted octanol–water partition coefficient (Wildman–Crippen LogP) is 2.40. The Hall–Kier alpha value is -1.31. The Balaban J connectivity index is 2.88. The quantitative estimate of drug-likeness (QED) is 0.821. The van der Waals surface area contributed by atoms with Gasteiger partial charge in [-0.05, 0) is 31.2 Å². The van der Waals surface area contributed by atoms with Crippen molar-refractivity contribution in [2.24, 2.45) is 0 Å². The summed E-state index contributed by atoms with van der Waals surface area (Å²) >= 11 is 1.37. The molecule has 1 amide bonds. The molecule has 0 saturated carbocycles. The third-order valence-electron chi connectivity index (χ3n) is 3.15. The Morgan fingerprint density at radius 2 is 2.17 bits per heavy atom. The van der Waals surface area contributed by atoms with Crippen molar-refractivity contribution in [1.82, 2.24) is 5.32 Å². The van der Waals surface area contributed by atoms with Gasteiger partial charge in [0.15, 0.2) is 0 Å². The molecule has 18 heavy (non-hydrogen) atoms. The number of aliphatic hydroxyl groups is 1. The van der Waals surface area contributed by atoms with E-state index in [1.165, 1.54) is 11.3 Å². The van der Waals surface area contributed by atoms with E-state index in [0.717, 1.165) is 12.8 Å². The molecule has 0 aromatic carbocycles. The van der Waals surface area contributed by atoms with Crippen LogP contribution in [0.4, 0.5) is 0 Å². The van der Waals surface area contributed by atoms with E-state index in [1.54, 1.807) is 6.07 Å². The van der Waals surface area contributed by atoms with Crippen molar-refractivity contribution in [1.29, 1.82) is 0 Å². The summed E-state index contributed by atoms with van der Waals surface area (Å²) in [6, 6.07) is 1.80. The summed E-state index contributed by atoms with van der Waals surface area (Å²) in [5, 5.41) is 13.6. The monoisotopic (exact) mass is 265 g/mol. The number of rotatable bonds is 4. The van der Waals surface area contributed by atoms with Gasteiger partial charge in [0.05, 0.1) is 0 Å². The Kier molecular flexibility index (Phi) is 5.39. The maximum Gasteiger partial charge on any atom is 0.263 e. The molecule has 98 valence electrons. The SMILES string of the molecule is CCC(C)(CC)NC(=O)c1sccc1C#CCO. The minimum absolute atomic E-state index is 0.0848. The van der Waals surface area contributed by atoms with E-state index in [2.05, 4.69) is 31.0 Å². The van der Waals surface area contributed by atoms with Crippen LogP contribution in [0.25, 0.3) is 0 Å². The number of carbonyl (C=O) groups excluding carboxylic acids is 1. The Bertz CT molecular complexity index is 464. The number of amides is 1. The number of hydrogen-bond acceptors (Lipinski definition) is 3. The molecule has 1 aromatic rings. The smallest absolute Gasteiger partial charge is 0.263 e. The van der Waals surface area contributed by atoms with Gasteiger partial charge in [0.25, 0.3) is 5.91 Å². The minimum Gasteiger partial charge on any atom is -0.384 e. The van der Waals surface area contributed by atoms with Crippen LogP contribution in [0, 0.1) is 11.8 Å². The molecule has 1 aromatic heterocycles. The van der Waals surface area contributed by atoms with E-state index in [0.29, 0.717) is 10.4 Å². The molecule has 4 heteroatoms. The zero-order valence-electron chi connectivity index (χ0n) is 11.0. The lowest BCUT2D eigenvalue weighted by Crippen LogP contribution is -2.44. The lowest BCUT2D eigenvalue weighted by Gasteiger charge is -2.28. The fraction of sp³-hybridized carbons (Fsp3) is 0.500. The maximum atomic E-state index is 12.2. The number of nitrogens with one attached hydrogen (secondary N) is 1. The summed E-state index contributed by atoms with van der Waals surface area (Å²) in [6.45, 7) is 5.96. The summed E-state index contributed by atoms with van der Waals surface area (Å²) in [7, 11) is 0. The first-order valence-corrected chi connectivity index (χ1v) is 6.94. The predicted molar refractivity (Wildman–Crippen MR) is 74.7 cm³/mol. The minimum atomic E-state index is -0.196. The average molecular weight is 265 g/mol. The summed E-state index contributed by atoms with van der Waals surface area (Å²) in [5.41, 5.74) is 0.504. The van der Waals surface area contributed by atoms with E-state index in [-0.39, 0.29) is 18.1 Å². The highest BCUT2D eigenvalue weighted by molar-refractivity contribution is 7.12. The molecule has 1 rings (SSSR count). The second kappa shape index (κ2) is 6.58. The van der Waals surface area contributed by atoms with Crippen molar-refractivity contribution in [2.75, 3.05) is 6.61 Å². The molecule has 0 aliphatic heterocycles. The van der Waals surface area contributed by atoms with Gasteiger partial charge in [-0.3, -0.25) is 4.79 Å². The highest BCUT2D eigenvalue weighted by Crippen LogP contribution is 2.19. The fourth-order valence-electron chi connectivity index (χ4n) is 1.48. The highest BCUT2D eigenvalue weighted by atomic mass is 32.1. The van der Waals surface area contributed by atoms with Crippen LogP contribution in [0.5, 0.6) is 0 Å². The maximum absolute atomic E-state index is 12.2. The summed E-state index contributed by atoms with van der Waals surface area (Å²) in [4.78, 5) is 12.8. The van der Waals surface area contributed by atoms with Crippen molar-refractivity contribution >= 4 is 17.2 Å². The first kappa shape index (κ1) is 14.7. The van der Waals surface area contributed by atoms with Crippen LogP contribution in [-0.4, -0.2) is 23.2 Å². The fourth-order valence-corrected chi connectivity index (χ4v) is 2.22. The second-order valence-electron chi connectivity index (χ2n) is 4.35. The number of thiophene rings is 1. The van der Waals surface area contributed by atoms with Gasteiger partial charge in [0.1, 0.15) is 11.5 Å². The van der Waals surface area contributed by atoms with Gasteiger partial charge >= 0.3 is 0 Å². The average Bonchev–Trinajstić information content (AvgIpc) is 2.84. The zero-order valence-corrected chi connectivity index (χ0v) is 11.9. The van der Waals surface area contributed by atoms with E-state index in [4.69, 9.17) is 5.11 Å². The van der Waals surface area contributed by atoms with Crippen molar-refractivity contribution in [3.05, 3.63) is 21.9 Å². The summed E-state index contributed by atoms with van der Waals surface area (Å²) in [5.74, 6) is 5.28. The first-order valence-electron chi connectivity index (χ1n) is 6.06. The molecule has 0 saturated heterocycles. The molecular formula is C14H19NO2S. The Labute approximate surface area is 112 Å². The van der Waals surface area contributed by atoms with E-state index < -0.39 is 0 Å². The summed E-state index contributed by atoms with van der Waals surface area (Å²) in [6.07, 6.45) is 1.77. The molecule has 2 N–H and O–H groups in total. The van der Waals surface area contributed by atoms with Gasteiger partial charge < -0.3 is 10.4 Å². The van der Waals surface area contributed by atoms with Gasteiger partial charge in [-0.15, -0.1) is 11.3 Å². The van der Waals surface area contributed by atoms with Crippen LogP contribution >= 0.6 is 11.3 Å². The number of hydrogen-bond donors (Lipinski definition) is 2. The molecule has 0 radical (unpaired) electrons. The molecule has 0 bridgehead atoms. The van der Waals surface area contributed by atoms with Crippen molar-refractivity contribution in [3.63, 3.8) is 0 Å². The normalized spacial score (nSPS) is 10.7. The van der Waals surface area contributed by atoms with Crippen molar-refractivity contribution < 1.29 is 9.90 Å². The molecule has 0 aliphatic rings. The molecule has 0 fully saturated rings. The van der Waals surface area contributed by atoms with Crippen molar-refractivity contribution in [2.45, 2.75) is 39.2 Å². The number of aliphatic hydroxyl groups excluding tert-OH is 1. The van der Waals surface area contributed by atoms with Crippen LogP contribution in [0.1, 0.15) is 48.8 Å². The van der Waals surface area contributed by atoms with Gasteiger partial charge in [0.2, 0.25) is 0 Å². The Morgan fingerprint density at radius 1 is 1.50 bits per heavy atom. The van der Waals surface area contributed by atoms with Gasteiger partial charge in [0, 0.05) is 11.1 Å². The second-order valence-corrected chi connectivity index (χ2v) is 5.26. The lowest BCUT2D eigenvalue weighted by molar-refractivity contribution is 0.0905. The van der Waals surface area contributed by atoms with Gasteiger partial charge in [-0.1, -0.05) is 25.7 Å². The third kappa shape index (κ3) is 3.59. The number of carbonyl (C=O) groups is 1. The third-order valence-corrected chi connectivity index (χ3v) is 4.06. The molecule has 0 aliphatic carbocycles. The van der Waals surface area contributed by atoms with Crippen LogP contribution in [0.3, 0.4) is 0 Å². The summed E-state index contributed by atoms with van der Waals surface area (Å²) < 4.78 is 0. The van der Waals surface area contributed by atoms with E-state index >= 15 is 0 Å². The lowest BCUT2D eigenvalue weighted by atomic mass is 9.95. The molecule has 0 atom stereocenters. The molecular weight excluding hydrogens is 246 g/mol. The van der Waals surface area contributed by atoms with Crippen LogP contribution in [0.2, 0.25) is 0 Å². The first-order chi connectivity index (χ1) is 8.56. The van der Waals surface area contributed by atoms with Crippen molar-refractivity contribution in [3.8, 4) is 11.8 Å². The van der Waals surface area contributed by atoms with Gasteiger partial charge in [-0.25, -0.2) is 0 Å². The largest absolute Gasteiger partial charge is 0.384 e. The molecule has 0 spiro atoms. The highest BCUT2D eigenvalue weighted by Gasteiger charge is 2.24. The Morgan fingerprint density at radius 3 is 2.72 bits per heavy atom. The molecule has 3 nitrogen and oxygen atoms in total. The molecule has 0 unspecified atom stereocenters. The van der Waals surface area contributed by atoms with E-state index in [9.17, 15) is 4.79 Å².